The van der Waals surface area contributed by atoms with E-state index in [-0.39, 0.29) is 28.5 Å². The summed E-state index contributed by atoms with van der Waals surface area (Å²) in [5, 5.41) is 14.4. The first-order valence-corrected chi connectivity index (χ1v) is 11.0. The predicted octanol–water partition coefficient (Wildman–Crippen LogP) is 3.52. The summed E-state index contributed by atoms with van der Waals surface area (Å²) in [6.45, 7) is 8.39. The average molecular weight is 461 g/mol. The van der Waals surface area contributed by atoms with Gasteiger partial charge in [0.15, 0.2) is 11.3 Å². The molecule has 1 amide bonds. The minimum Gasteiger partial charge on any atom is -0.373 e. The number of benzene rings is 2. The van der Waals surface area contributed by atoms with Gasteiger partial charge in [-0.3, -0.25) is 14.7 Å². The second-order valence-electron chi connectivity index (χ2n) is 9.38. The number of nitrogens with zero attached hydrogens (tertiary/aromatic N) is 4. The molecule has 3 heterocycles. The van der Waals surface area contributed by atoms with E-state index in [9.17, 15) is 14.0 Å². The van der Waals surface area contributed by atoms with Crippen molar-refractivity contribution >= 4 is 27.8 Å². The summed E-state index contributed by atoms with van der Waals surface area (Å²) < 4.78 is 15.4. The summed E-state index contributed by atoms with van der Waals surface area (Å²) in [5.74, 6) is -0.687. The lowest BCUT2D eigenvalue weighted by Crippen LogP contribution is -2.52. The maximum absolute atomic E-state index is 14.1. The highest BCUT2D eigenvalue weighted by molar-refractivity contribution is 6.01. The fourth-order valence-corrected chi connectivity index (χ4v) is 4.60. The highest BCUT2D eigenvalue weighted by Gasteiger charge is 2.34. The Bertz CT molecular complexity index is 1500. The average Bonchev–Trinajstić information content (AvgIpc) is 3.14. The van der Waals surface area contributed by atoms with Crippen LogP contribution in [0.5, 0.6) is 0 Å². The number of H-pyrrole nitrogens is 1. The molecular formula is C25H25FN6O2. The van der Waals surface area contributed by atoms with Crippen LogP contribution < -0.4 is 10.9 Å². The number of piperidine rings is 1. The Hall–Kier alpha value is -4.01. The van der Waals surface area contributed by atoms with Crippen LogP contribution in [0, 0.1) is 5.82 Å². The van der Waals surface area contributed by atoms with E-state index < -0.39 is 11.4 Å². The van der Waals surface area contributed by atoms with Crippen molar-refractivity contribution in [2.45, 2.75) is 38.3 Å². The van der Waals surface area contributed by atoms with Gasteiger partial charge in [0.25, 0.3) is 11.5 Å². The lowest BCUT2D eigenvalue weighted by Gasteiger charge is -2.46. The molecule has 5 rings (SSSR count). The van der Waals surface area contributed by atoms with E-state index in [0.717, 1.165) is 12.1 Å². The molecule has 1 aliphatic rings. The number of aromatic nitrogens is 4. The van der Waals surface area contributed by atoms with Crippen molar-refractivity contribution in [2.75, 3.05) is 7.05 Å². The lowest BCUT2D eigenvalue weighted by atomic mass is 9.86. The van der Waals surface area contributed by atoms with Crippen LogP contribution in [0.25, 0.3) is 27.6 Å². The molecular weight excluding hydrogens is 435 g/mol. The fraction of sp³-hybridized carbons (Fsp3) is 0.280. The molecule has 1 atom stereocenters. The molecule has 4 aromatic rings. The Morgan fingerprint density at radius 3 is 2.59 bits per heavy atom. The van der Waals surface area contributed by atoms with Crippen molar-refractivity contribution in [1.82, 2.24) is 30.2 Å². The molecule has 8 nitrogen and oxygen atoms in total. The van der Waals surface area contributed by atoms with Gasteiger partial charge in [0, 0.05) is 41.7 Å². The normalized spacial score (nSPS) is 17.9. The fourth-order valence-electron chi connectivity index (χ4n) is 4.60. The minimum atomic E-state index is -0.507. The van der Waals surface area contributed by atoms with Crippen molar-refractivity contribution < 1.29 is 9.18 Å². The molecule has 2 N–H and O–H groups in total. The number of aromatic amines is 1. The Morgan fingerprint density at radius 1 is 1.18 bits per heavy atom. The first-order valence-electron chi connectivity index (χ1n) is 11.0. The van der Waals surface area contributed by atoms with Gasteiger partial charge in [-0.1, -0.05) is 18.7 Å². The van der Waals surface area contributed by atoms with E-state index in [1.165, 1.54) is 10.7 Å². The van der Waals surface area contributed by atoms with Crippen LogP contribution in [0.4, 0.5) is 4.39 Å². The number of halogens is 1. The number of likely N-dealkylation sites (tertiary alicyclic amines) is 1. The number of rotatable bonds is 3. The third kappa shape index (κ3) is 3.53. The van der Waals surface area contributed by atoms with Crippen LogP contribution in [0.3, 0.4) is 0 Å². The molecule has 0 radical (unpaired) electrons. The standard InChI is InChI=1S/C25H25FN6O2/c1-14-12-16(13-25(2,3)31(14)4)27-23(33)15-8-10-17(11-9-15)32-24(34)22-21(30-32)18-6-5-7-19(26)20(18)28-29-22/h5-11,16,30H,1,12-13H2,2-4H3,(H,27,33). The van der Waals surface area contributed by atoms with Crippen molar-refractivity contribution in [3.8, 4) is 5.69 Å². The highest BCUT2D eigenvalue weighted by Crippen LogP contribution is 2.31. The zero-order valence-corrected chi connectivity index (χ0v) is 19.2. The number of carbonyl (C=O) groups excluding carboxylic acids is 1. The largest absolute Gasteiger partial charge is 0.373 e. The second-order valence-corrected chi connectivity index (χ2v) is 9.38. The maximum atomic E-state index is 14.1. The molecule has 0 saturated carbocycles. The van der Waals surface area contributed by atoms with Gasteiger partial charge in [0.1, 0.15) is 5.52 Å². The maximum Gasteiger partial charge on any atom is 0.299 e. The van der Waals surface area contributed by atoms with Crippen LogP contribution in [0.2, 0.25) is 0 Å². The quantitative estimate of drug-likeness (QED) is 0.488. The molecule has 0 bridgehead atoms. The van der Waals surface area contributed by atoms with Gasteiger partial charge >= 0.3 is 0 Å². The summed E-state index contributed by atoms with van der Waals surface area (Å²) in [7, 11) is 2.02. The van der Waals surface area contributed by atoms with Crippen molar-refractivity contribution in [3.05, 3.63) is 76.5 Å². The van der Waals surface area contributed by atoms with E-state index in [1.54, 1.807) is 36.4 Å². The number of carbonyl (C=O) groups is 1. The monoisotopic (exact) mass is 460 g/mol. The van der Waals surface area contributed by atoms with Gasteiger partial charge in [-0.2, -0.15) is 0 Å². The van der Waals surface area contributed by atoms with Gasteiger partial charge in [0.05, 0.1) is 11.2 Å². The lowest BCUT2D eigenvalue weighted by molar-refractivity contribution is 0.0867. The molecule has 1 aliphatic heterocycles. The van der Waals surface area contributed by atoms with E-state index >= 15 is 0 Å². The molecule has 1 saturated heterocycles. The van der Waals surface area contributed by atoms with Gasteiger partial charge in [-0.05, 0) is 50.6 Å². The molecule has 2 aromatic heterocycles. The third-order valence-corrected chi connectivity index (χ3v) is 6.71. The predicted molar refractivity (Wildman–Crippen MR) is 128 cm³/mol. The molecule has 1 unspecified atom stereocenters. The van der Waals surface area contributed by atoms with Gasteiger partial charge in [-0.15, -0.1) is 10.2 Å². The summed E-state index contributed by atoms with van der Waals surface area (Å²) in [5.41, 5.74) is 2.12. The third-order valence-electron chi connectivity index (χ3n) is 6.71. The number of fused-ring (bicyclic) bond motifs is 3. The zero-order chi connectivity index (χ0) is 24.2. The van der Waals surface area contributed by atoms with Crippen LogP contribution in [0.15, 0.2) is 59.5 Å². The van der Waals surface area contributed by atoms with Crippen LogP contribution >= 0.6 is 0 Å². The number of amides is 1. The number of hydrogen-bond donors (Lipinski definition) is 2. The Labute approximate surface area is 195 Å². The minimum absolute atomic E-state index is 0.00514. The summed E-state index contributed by atoms with van der Waals surface area (Å²) in [6.07, 6.45) is 1.51. The van der Waals surface area contributed by atoms with Gasteiger partial charge in [-0.25, -0.2) is 9.07 Å². The zero-order valence-electron chi connectivity index (χ0n) is 19.2. The van der Waals surface area contributed by atoms with Crippen molar-refractivity contribution in [2.24, 2.45) is 0 Å². The van der Waals surface area contributed by atoms with E-state index in [2.05, 4.69) is 45.9 Å². The molecule has 34 heavy (non-hydrogen) atoms. The Morgan fingerprint density at radius 2 is 1.88 bits per heavy atom. The van der Waals surface area contributed by atoms with Crippen molar-refractivity contribution in [1.29, 1.82) is 0 Å². The van der Waals surface area contributed by atoms with Crippen LogP contribution in [0.1, 0.15) is 37.0 Å². The van der Waals surface area contributed by atoms with Crippen LogP contribution in [-0.2, 0) is 0 Å². The van der Waals surface area contributed by atoms with Gasteiger partial charge in [0.2, 0.25) is 0 Å². The summed E-state index contributed by atoms with van der Waals surface area (Å²) >= 11 is 0. The molecule has 1 fully saturated rings. The smallest absolute Gasteiger partial charge is 0.299 e. The summed E-state index contributed by atoms with van der Waals surface area (Å²) in [6, 6.07) is 11.2. The first-order chi connectivity index (χ1) is 16.2. The molecule has 0 spiro atoms. The molecule has 0 aliphatic carbocycles. The molecule has 174 valence electrons. The topological polar surface area (TPSA) is 95.9 Å². The van der Waals surface area contributed by atoms with E-state index in [1.807, 2.05) is 7.05 Å². The molecule has 9 heteroatoms. The number of hydrogen-bond acceptors (Lipinski definition) is 5. The highest BCUT2D eigenvalue weighted by atomic mass is 19.1. The van der Waals surface area contributed by atoms with Gasteiger partial charge < -0.3 is 10.2 Å². The molecule has 2 aromatic carbocycles. The van der Waals surface area contributed by atoms with E-state index in [0.29, 0.717) is 28.6 Å². The second kappa shape index (κ2) is 7.79. The Balaban J connectivity index is 1.41. The number of nitrogens with one attached hydrogen (secondary N) is 2. The Kier molecular flexibility index (Phi) is 5.00. The van der Waals surface area contributed by atoms with E-state index in [4.69, 9.17) is 0 Å². The summed E-state index contributed by atoms with van der Waals surface area (Å²) in [4.78, 5) is 27.9. The first kappa shape index (κ1) is 21.8. The van der Waals surface area contributed by atoms with Crippen molar-refractivity contribution in [3.63, 3.8) is 0 Å². The van der Waals surface area contributed by atoms with Crippen LogP contribution in [-0.4, -0.2) is 49.4 Å². The SMILES string of the molecule is C=C1CC(NC(=O)c2ccc(-n3[nH]c4c(nnc5c(F)cccc54)c3=O)cc2)CC(C)(C)N1C.